The second kappa shape index (κ2) is 9.05. The molecule has 140 valence electrons. The zero-order valence-corrected chi connectivity index (χ0v) is 15.4. The van der Waals surface area contributed by atoms with E-state index in [0.29, 0.717) is 31.1 Å². The fourth-order valence-electron chi connectivity index (χ4n) is 2.94. The Labute approximate surface area is 152 Å². The van der Waals surface area contributed by atoms with Crippen molar-refractivity contribution in [2.75, 3.05) is 19.6 Å². The molecule has 9 heteroatoms. The van der Waals surface area contributed by atoms with Gasteiger partial charge in [-0.3, -0.25) is 4.79 Å². The van der Waals surface area contributed by atoms with Crippen LogP contribution in [0.3, 0.4) is 0 Å². The van der Waals surface area contributed by atoms with E-state index in [0.717, 1.165) is 25.1 Å². The van der Waals surface area contributed by atoms with E-state index < -0.39 is 6.09 Å². The van der Waals surface area contributed by atoms with Gasteiger partial charge in [-0.2, -0.15) is 0 Å². The Balaban J connectivity index is 2.03. The number of aromatic nitrogens is 2. The molecule has 0 radical (unpaired) electrons. The summed E-state index contributed by atoms with van der Waals surface area (Å²) in [7, 11) is 0. The van der Waals surface area contributed by atoms with Crippen LogP contribution in [-0.4, -0.2) is 63.7 Å². The predicted octanol–water partition coefficient (Wildman–Crippen LogP) is 1.87. The SMILES string of the molecule is CCCCN[C@@H]1CN(C(=O)O)CC[C@@H]1NC(=O)c1nc(Cl)c(CC)[nH]1. The van der Waals surface area contributed by atoms with Gasteiger partial charge in [0.2, 0.25) is 0 Å². The Morgan fingerprint density at radius 3 is 2.76 bits per heavy atom. The lowest BCUT2D eigenvalue weighted by molar-refractivity contribution is 0.0862. The number of nitrogens with zero attached hydrogens (tertiary/aromatic N) is 2. The second-order valence-corrected chi connectivity index (χ2v) is 6.58. The largest absolute Gasteiger partial charge is 0.465 e. The summed E-state index contributed by atoms with van der Waals surface area (Å²) < 4.78 is 0. The summed E-state index contributed by atoms with van der Waals surface area (Å²) in [6.45, 7) is 5.55. The number of rotatable bonds is 7. The zero-order valence-electron chi connectivity index (χ0n) is 14.6. The highest BCUT2D eigenvalue weighted by Gasteiger charge is 2.32. The van der Waals surface area contributed by atoms with E-state index in [1.807, 2.05) is 6.92 Å². The fraction of sp³-hybridized carbons (Fsp3) is 0.688. The summed E-state index contributed by atoms with van der Waals surface area (Å²) in [5, 5.41) is 15.9. The number of H-pyrrole nitrogens is 1. The first kappa shape index (κ1) is 19.5. The molecule has 8 nitrogen and oxygen atoms in total. The number of hydrogen-bond acceptors (Lipinski definition) is 4. The molecular weight excluding hydrogens is 346 g/mol. The highest BCUT2D eigenvalue weighted by atomic mass is 35.5. The van der Waals surface area contributed by atoms with Crippen LogP contribution in [-0.2, 0) is 6.42 Å². The van der Waals surface area contributed by atoms with E-state index in [2.05, 4.69) is 27.5 Å². The number of likely N-dealkylation sites (tertiary alicyclic amines) is 1. The predicted molar refractivity (Wildman–Crippen MR) is 95.1 cm³/mol. The van der Waals surface area contributed by atoms with Crippen molar-refractivity contribution in [3.05, 3.63) is 16.7 Å². The number of aryl methyl sites for hydroxylation is 1. The molecule has 1 aromatic rings. The van der Waals surface area contributed by atoms with Crippen LogP contribution in [0, 0.1) is 0 Å². The lowest BCUT2D eigenvalue weighted by Gasteiger charge is -2.38. The number of unbranched alkanes of at least 4 members (excludes halogenated alkanes) is 1. The van der Waals surface area contributed by atoms with Gasteiger partial charge in [0.1, 0.15) is 0 Å². The van der Waals surface area contributed by atoms with Crippen molar-refractivity contribution in [3.8, 4) is 0 Å². The molecule has 2 rings (SSSR count). The van der Waals surface area contributed by atoms with E-state index in [-0.39, 0.29) is 23.8 Å². The normalized spacial score (nSPS) is 20.5. The van der Waals surface area contributed by atoms with Crippen molar-refractivity contribution in [3.63, 3.8) is 0 Å². The van der Waals surface area contributed by atoms with Gasteiger partial charge in [0.15, 0.2) is 11.0 Å². The van der Waals surface area contributed by atoms with Crippen LogP contribution in [0.25, 0.3) is 0 Å². The smallest absolute Gasteiger partial charge is 0.407 e. The first-order valence-electron chi connectivity index (χ1n) is 8.72. The van der Waals surface area contributed by atoms with Crippen molar-refractivity contribution >= 4 is 23.6 Å². The van der Waals surface area contributed by atoms with Crippen molar-refractivity contribution in [1.29, 1.82) is 0 Å². The maximum atomic E-state index is 12.5. The summed E-state index contributed by atoms with van der Waals surface area (Å²) in [5.41, 5.74) is 0.727. The van der Waals surface area contributed by atoms with Gasteiger partial charge >= 0.3 is 6.09 Å². The molecule has 1 aromatic heterocycles. The lowest BCUT2D eigenvalue weighted by Crippen LogP contribution is -2.60. The molecule has 2 amide bonds. The van der Waals surface area contributed by atoms with Gasteiger partial charge in [0, 0.05) is 25.2 Å². The Morgan fingerprint density at radius 2 is 2.16 bits per heavy atom. The summed E-state index contributed by atoms with van der Waals surface area (Å²) in [4.78, 5) is 32.1. The molecule has 0 spiro atoms. The summed E-state index contributed by atoms with van der Waals surface area (Å²) >= 11 is 5.99. The van der Waals surface area contributed by atoms with E-state index in [1.165, 1.54) is 4.90 Å². The van der Waals surface area contributed by atoms with Gasteiger partial charge in [0.05, 0.1) is 5.69 Å². The molecular formula is C16H26ClN5O3. The van der Waals surface area contributed by atoms with Gasteiger partial charge < -0.3 is 25.6 Å². The molecule has 0 aromatic carbocycles. The quantitative estimate of drug-likeness (QED) is 0.547. The number of nitrogens with one attached hydrogen (secondary N) is 3. The van der Waals surface area contributed by atoms with Crippen LogP contribution in [0.2, 0.25) is 5.15 Å². The van der Waals surface area contributed by atoms with Gasteiger partial charge in [-0.05, 0) is 25.8 Å². The minimum Gasteiger partial charge on any atom is -0.465 e. The first-order valence-corrected chi connectivity index (χ1v) is 9.10. The number of carboxylic acid groups (broad SMARTS) is 1. The number of hydrogen-bond donors (Lipinski definition) is 4. The zero-order chi connectivity index (χ0) is 18.4. The molecule has 4 N–H and O–H groups in total. The van der Waals surface area contributed by atoms with Crippen molar-refractivity contribution in [2.45, 2.75) is 51.6 Å². The molecule has 0 saturated carbocycles. The van der Waals surface area contributed by atoms with Crippen molar-refractivity contribution < 1.29 is 14.7 Å². The summed E-state index contributed by atoms with van der Waals surface area (Å²) in [5.74, 6) is -0.132. The molecule has 1 aliphatic heterocycles. The van der Waals surface area contributed by atoms with Crippen LogP contribution in [0.4, 0.5) is 4.79 Å². The monoisotopic (exact) mass is 371 g/mol. The van der Waals surface area contributed by atoms with E-state index in [4.69, 9.17) is 11.6 Å². The van der Waals surface area contributed by atoms with E-state index in [1.54, 1.807) is 0 Å². The Morgan fingerprint density at radius 1 is 1.40 bits per heavy atom. The van der Waals surface area contributed by atoms with Crippen LogP contribution in [0.1, 0.15) is 49.4 Å². The van der Waals surface area contributed by atoms with Crippen LogP contribution in [0.5, 0.6) is 0 Å². The maximum Gasteiger partial charge on any atom is 0.407 e. The van der Waals surface area contributed by atoms with Gasteiger partial charge in [-0.1, -0.05) is 31.9 Å². The number of halogens is 1. The van der Waals surface area contributed by atoms with Crippen molar-refractivity contribution in [2.24, 2.45) is 0 Å². The number of imidazole rings is 1. The van der Waals surface area contributed by atoms with Crippen molar-refractivity contribution in [1.82, 2.24) is 25.5 Å². The minimum absolute atomic E-state index is 0.128. The number of carbonyl (C=O) groups excluding carboxylic acids is 1. The Hall–Kier alpha value is -1.80. The third kappa shape index (κ3) is 5.09. The average molecular weight is 372 g/mol. The molecule has 0 bridgehead atoms. The molecule has 1 aliphatic rings. The highest BCUT2D eigenvalue weighted by molar-refractivity contribution is 6.30. The third-order valence-corrected chi connectivity index (χ3v) is 4.75. The average Bonchev–Trinajstić information content (AvgIpc) is 2.97. The fourth-order valence-corrected chi connectivity index (χ4v) is 3.20. The lowest BCUT2D eigenvalue weighted by atomic mass is 9.99. The molecule has 1 saturated heterocycles. The number of aromatic amines is 1. The second-order valence-electron chi connectivity index (χ2n) is 6.22. The minimum atomic E-state index is -0.933. The molecule has 2 heterocycles. The highest BCUT2D eigenvalue weighted by Crippen LogP contribution is 2.15. The third-order valence-electron chi connectivity index (χ3n) is 4.43. The summed E-state index contributed by atoms with van der Waals surface area (Å²) in [6, 6.07) is -0.287. The number of carbonyl (C=O) groups is 2. The molecule has 0 aliphatic carbocycles. The molecule has 2 atom stereocenters. The Kier molecular flexibility index (Phi) is 7.07. The van der Waals surface area contributed by atoms with Crippen LogP contribution in [0.15, 0.2) is 0 Å². The Bertz CT molecular complexity index is 607. The summed E-state index contributed by atoms with van der Waals surface area (Å²) in [6.07, 6.45) is 2.33. The standard InChI is InChI=1S/C16H26ClN5O3/c1-3-5-7-18-12-9-22(16(24)25)8-6-11(12)20-15(23)14-19-10(4-2)13(17)21-14/h11-12,18H,3-9H2,1-2H3,(H,19,21)(H,20,23)(H,24,25)/t11-,12+/m0/s1. The van der Waals surface area contributed by atoms with Crippen LogP contribution >= 0.6 is 11.6 Å². The van der Waals surface area contributed by atoms with Gasteiger partial charge in [0.25, 0.3) is 5.91 Å². The number of amides is 2. The molecule has 25 heavy (non-hydrogen) atoms. The van der Waals surface area contributed by atoms with Gasteiger partial charge in [-0.25, -0.2) is 9.78 Å². The first-order chi connectivity index (χ1) is 12.0. The van der Waals surface area contributed by atoms with Crippen LogP contribution < -0.4 is 10.6 Å². The molecule has 0 unspecified atom stereocenters. The maximum absolute atomic E-state index is 12.5. The number of piperidine rings is 1. The van der Waals surface area contributed by atoms with E-state index >= 15 is 0 Å². The topological polar surface area (TPSA) is 110 Å². The van der Waals surface area contributed by atoms with E-state index in [9.17, 15) is 14.7 Å². The molecule has 1 fully saturated rings. The van der Waals surface area contributed by atoms with Gasteiger partial charge in [-0.15, -0.1) is 0 Å².